The molecule has 0 aliphatic carbocycles. The van der Waals surface area contributed by atoms with Crippen LogP contribution < -0.4 is 9.47 Å². The average molecular weight is 332 g/mol. The van der Waals surface area contributed by atoms with Crippen molar-refractivity contribution >= 4 is 22.3 Å². The molecule has 0 radical (unpaired) electrons. The van der Waals surface area contributed by atoms with Crippen molar-refractivity contribution in [3.05, 3.63) is 53.6 Å². The Hall–Kier alpha value is -3.14. The monoisotopic (exact) mass is 332 g/mol. The molecule has 1 aliphatic rings. The molecule has 4 nitrogen and oxygen atoms in total. The Morgan fingerprint density at radius 1 is 0.800 bits per heavy atom. The quantitative estimate of drug-likeness (QED) is 0.494. The lowest BCUT2D eigenvalue weighted by molar-refractivity contribution is 0.101. The van der Waals surface area contributed by atoms with Crippen molar-refractivity contribution in [3.8, 4) is 28.4 Å². The Morgan fingerprint density at radius 3 is 2.08 bits per heavy atom. The van der Waals surface area contributed by atoms with Crippen LogP contribution >= 0.6 is 0 Å². The van der Waals surface area contributed by atoms with Gasteiger partial charge in [-0.2, -0.15) is 0 Å². The third-order valence-corrected chi connectivity index (χ3v) is 4.58. The summed E-state index contributed by atoms with van der Waals surface area (Å²) in [6.45, 7) is 3.02. The van der Waals surface area contributed by atoms with Crippen molar-refractivity contribution in [2.75, 3.05) is 7.11 Å². The van der Waals surface area contributed by atoms with Crippen LogP contribution in [-0.4, -0.2) is 18.7 Å². The molecule has 0 atom stereocenters. The zero-order valence-corrected chi connectivity index (χ0v) is 14.2. The summed E-state index contributed by atoms with van der Waals surface area (Å²) >= 11 is 0. The molecule has 3 aromatic rings. The average Bonchev–Trinajstić information content (AvgIpc) is 2.61. The standard InChI is InChI=1S/C21H16O4/c1-11(22)14-5-6-16-17-10-13(24-3)4-8-18(17)25-19-9-7-15(12(2)23)20(14)21(16)19/h4-10H,1-3H3. The first-order valence-corrected chi connectivity index (χ1v) is 7.99. The highest BCUT2D eigenvalue weighted by molar-refractivity contribution is 6.20. The van der Waals surface area contributed by atoms with Crippen molar-refractivity contribution in [1.29, 1.82) is 0 Å². The van der Waals surface area contributed by atoms with Gasteiger partial charge in [-0.25, -0.2) is 0 Å². The zero-order chi connectivity index (χ0) is 17.7. The van der Waals surface area contributed by atoms with Gasteiger partial charge in [-0.3, -0.25) is 9.59 Å². The fourth-order valence-corrected chi connectivity index (χ4v) is 3.41. The van der Waals surface area contributed by atoms with Gasteiger partial charge >= 0.3 is 0 Å². The molecule has 4 rings (SSSR count). The third-order valence-electron chi connectivity index (χ3n) is 4.58. The number of ketones is 2. The van der Waals surface area contributed by atoms with Gasteiger partial charge in [-0.15, -0.1) is 0 Å². The number of ether oxygens (including phenoxy) is 2. The lowest BCUT2D eigenvalue weighted by Gasteiger charge is -2.23. The predicted molar refractivity (Wildman–Crippen MR) is 96.0 cm³/mol. The number of methoxy groups -OCH3 is 1. The van der Waals surface area contributed by atoms with Gasteiger partial charge in [0.25, 0.3) is 0 Å². The minimum Gasteiger partial charge on any atom is -0.497 e. The number of fused-ring (bicyclic) bond motifs is 2. The lowest BCUT2D eigenvalue weighted by Crippen LogP contribution is -2.05. The molecule has 25 heavy (non-hydrogen) atoms. The number of benzene rings is 3. The van der Waals surface area contributed by atoms with E-state index in [0.29, 0.717) is 22.3 Å². The van der Waals surface area contributed by atoms with Crippen LogP contribution in [-0.2, 0) is 0 Å². The molecule has 0 N–H and O–H groups in total. The molecular weight excluding hydrogens is 316 g/mol. The number of carbonyl (C=O) groups is 2. The minimum atomic E-state index is -0.0809. The number of rotatable bonds is 3. The number of carbonyl (C=O) groups excluding carboxylic acids is 2. The van der Waals surface area contributed by atoms with E-state index < -0.39 is 0 Å². The van der Waals surface area contributed by atoms with Gasteiger partial charge in [0.1, 0.15) is 17.2 Å². The lowest BCUT2D eigenvalue weighted by atomic mass is 9.88. The van der Waals surface area contributed by atoms with E-state index >= 15 is 0 Å². The molecule has 0 spiro atoms. The highest BCUT2D eigenvalue weighted by Crippen LogP contribution is 2.49. The molecule has 0 bridgehead atoms. The third kappa shape index (κ3) is 2.22. The van der Waals surface area contributed by atoms with Crippen molar-refractivity contribution in [2.45, 2.75) is 13.8 Å². The van der Waals surface area contributed by atoms with Gasteiger partial charge in [0.05, 0.1) is 7.11 Å². The topological polar surface area (TPSA) is 52.6 Å². The highest BCUT2D eigenvalue weighted by Gasteiger charge is 2.25. The van der Waals surface area contributed by atoms with Gasteiger partial charge in [0.2, 0.25) is 0 Å². The van der Waals surface area contributed by atoms with Crippen molar-refractivity contribution < 1.29 is 19.1 Å². The largest absolute Gasteiger partial charge is 0.497 e. The Bertz CT molecular complexity index is 1040. The second kappa shape index (κ2) is 5.45. The molecular formula is C21H16O4. The van der Waals surface area contributed by atoms with Crippen molar-refractivity contribution in [2.24, 2.45) is 0 Å². The van der Waals surface area contributed by atoms with E-state index in [-0.39, 0.29) is 11.6 Å². The second-order valence-electron chi connectivity index (χ2n) is 6.10. The summed E-state index contributed by atoms with van der Waals surface area (Å²) in [5, 5.41) is 1.45. The summed E-state index contributed by atoms with van der Waals surface area (Å²) in [7, 11) is 1.61. The van der Waals surface area contributed by atoms with Crippen LogP contribution in [0, 0.1) is 0 Å². The fourth-order valence-electron chi connectivity index (χ4n) is 3.41. The summed E-state index contributed by atoms with van der Waals surface area (Å²) in [5.74, 6) is 1.93. The van der Waals surface area contributed by atoms with E-state index in [4.69, 9.17) is 9.47 Å². The van der Waals surface area contributed by atoms with Crippen molar-refractivity contribution in [1.82, 2.24) is 0 Å². The zero-order valence-electron chi connectivity index (χ0n) is 14.2. The molecule has 1 heterocycles. The van der Waals surface area contributed by atoms with E-state index in [9.17, 15) is 9.59 Å². The smallest absolute Gasteiger partial charge is 0.160 e. The van der Waals surface area contributed by atoms with E-state index in [0.717, 1.165) is 28.0 Å². The van der Waals surface area contributed by atoms with E-state index in [2.05, 4.69) is 0 Å². The van der Waals surface area contributed by atoms with Crippen LogP contribution in [0.5, 0.6) is 17.2 Å². The molecule has 124 valence electrons. The Kier molecular flexibility index (Phi) is 3.35. The normalized spacial score (nSPS) is 11.6. The fraction of sp³-hybridized carbons (Fsp3) is 0.143. The molecule has 0 saturated heterocycles. The minimum absolute atomic E-state index is 0.0809. The van der Waals surface area contributed by atoms with E-state index in [1.807, 2.05) is 24.3 Å². The van der Waals surface area contributed by atoms with Gasteiger partial charge < -0.3 is 9.47 Å². The molecule has 0 amide bonds. The molecule has 4 heteroatoms. The Morgan fingerprint density at radius 2 is 1.44 bits per heavy atom. The summed E-state index contributed by atoms with van der Waals surface area (Å²) in [6, 6.07) is 12.8. The van der Waals surface area contributed by atoms with Gasteiger partial charge in [-0.1, -0.05) is 12.1 Å². The molecule has 0 fully saturated rings. The Labute approximate surface area is 145 Å². The van der Waals surface area contributed by atoms with Gasteiger partial charge in [0.15, 0.2) is 11.6 Å². The number of hydrogen-bond donors (Lipinski definition) is 0. The van der Waals surface area contributed by atoms with E-state index in [1.54, 1.807) is 25.3 Å². The summed E-state index contributed by atoms with van der Waals surface area (Å²) in [4.78, 5) is 24.3. The first-order chi connectivity index (χ1) is 12.0. The van der Waals surface area contributed by atoms with Crippen LogP contribution in [0.2, 0.25) is 0 Å². The first kappa shape index (κ1) is 15.4. The SMILES string of the molecule is COc1ccc2c(c1)-c1ccc(C(C)=O)c3c(C(C)=O)ccc(c13)O2. The number of Topliss-reactive ketones (excluding diaryl/α,β-unsaturated/α-hetero) is 2. The maximum absolute atomic E-state index is 12.1. The van der Waals surface area contributed by atoms with Crippen molar-refractivity contribution in [3.63, 3.8) is 0 Å². The Balaban J connectivity index is 2.16. The van der Waals surface area contributed by atoms with Crippen LogP contribution in [0.1, 0.15) is 34.6 Å². The molecule has 0 aromatic heterocycles. The maximum Gasteiger partial charge on any atom is 0.160 e. The van der Waals surface area contributed by atoms with Crippen LogP contribution in [0.3, 0.4) is 0 Å². The molecule has 3 aromatic carbocycles. The van der Waals surface area contributed by atoms with Crippen LogP contribution in [0.4, 0.5) is 0 Å². The van der Waals surface area contributed by atoms with Gasteiger partial charge in [-0.05, 0) is 49.7 Å². The predicted octanol–water partition coefficient (Wildman–Crippen LogP) is 5.03. The summed E-state index contributed by atoms with van der Waals surface area (Å²) in [6.07, 6.45) is 0. The van der Waals surface area contributed by atoms with Gasteiger partial charge in [0, 0.05) is 27.5 Å². The molecule has 1 aliphatic heterocycles. The summed E-state index contributed by atoms with van der Waals surface area (Å²) < 4.78 is 11.4. The van der Waals surface area contributed by atoms with E-state index in [1.165, 1.54) is 13.8 Å². The maximum atomic E-state index is 12.1. The molecule has 0 unspecified atom stereocenters. The van der Waals surface area contributed by atoms with Crippen LogP contribution in [0.15, 0.2) is 42.5 Å². The number of hydrogen-bond acceptors (Lipinski definition) is 4. The van der Waals surface area contributed by atoms with Crippen LogP contribution in [0.25, 0.3) is 21.9 Å². The molecule has 0 saturated carbocycles. The summed E-state index contributed by atoms with van der Waals surface area (Å²) in [5.41, 5.74) is 2.87. The first-order valence-electron chi connectivity index (χ1n) is 7.99. The second-order valence-corrected chi connectivity index (χ2v) is 6.10. The highest BCUT2D eigenvalue weighted by atomic mass is 16.5.